The van der Waals surface area contributed by atoms with Crippen molar-refractivity contribution in [1.82, 2.24) is 10.6 Å². The van der Waals surface area contributed by atoms with Gasteiger partial charge in [-0.2, -0.15) is 0 Å². The van der Waals surface area contributed by atoms with Gasteiger partial charge in [0.1, 0.15) is 9.84 Å². The highest BCUT2D eigenvalue weighted by Gasteiger charge is 2.33. The highest BCUT2D eigenvalue weighted by atomic mass is 32.2. The molecule has 0 amide bonds. The average Bonchev–Trinajstić information content (AvgIpc) is 3.00. The summed E-state index contributed by atoms with van der Waals surface area (Å²) in [6, 6.07) is 0. The third kappa shape index (κ3) is 8.90. The summed E-state index contributed by atoms with van der Waals surface area (Å²) in [5.41, 5.74) is 0.196. The Labute approximate surface area is 154 Å². The van der Waals surface area contributed by atoms with Crippen LogP contribution >= 0.6 is 0 Å². The molecule has 0 bridgehead atoms. The molecule has 0 spiro atoms. The van der Waals surface area contributed by atoms with E-state index in [0.29, 0.717) is 18.4 Å². The SMILES string of the molecule is CN=C(NCC(C)(C)CCS(C)(=O)=O)NCC1(CCOC)CCCC1. The largest absolute Gasteiger partial charge is 0.385 e. The van der Waals surface area contributed by atoms with Gasteiger partial charge in [0, 0.05) is 40.1 Å². The zero-order chi connectivity index (χ0) is 19.0. The molecule has 0 aliphatic heterocycles. The minimum Gasteiger partial charge on any atom is -0.385 e. The van der Waals surface area contributed by atoms with Gasteiger partial charge in [0.05, 0.1) is 5.75 Å². The van der Waals surface area contributed by atoms with E-state index in [0.717, 1.165) is 25.5 Å². The Bertz CT molecular complexity index is 524. The van der Waals surface area contributed by atoms with Crippen molar-refractivity contribution in [3.8, 4) is 0 Å². The van der Waals surface area contributed by atoms with Gasteiger partial charge in [-0.05, 0) is 36.5 Å². The fourth-order valence-electron chi connectivity index (χ4n) is 3.32. The Morgan fingerprint density at radius 1 is 1.24 bits per heavy atom. The van der Waals surface area contributed by atoms with Gasteiger partial charge in [0.25, 0.3) is 0 Å². The van der Waals surface area contributed by atoms with Gasteiger partial charge in [-0.1, -0.05) is 26.7 Å². The molecule has 1 aliphatic rings. The Morgan fingerprint density at radius 3 is 2.40 bits per heavy atom. The van der Waals surface area contributed by atoms with Crippen molar-refractivity contribution in [1.29, 1.82) is 0 Å². The summed E-state index contributed by atoms with van der Waals surface area (Å²) < 4.78 is 28.0. The molecule has 0 atom stereocenters. The summed E-state index contributed by atoms with van der Waals surface area (Å²) >= 11 is 0. The second kappa shape index (κ2) is 9.76. The topological polar surface area (TPSA) is 79.8 Å². The van der Waals surface area contributed by atoms with Crippen molar-refractivity contribution in [3.05, 3.63) is 0 Å². The number of nitrogens with zero attached hydrogens (tertiary/aromatic N) is 1. The van der Waals surface area contributed by atoms with Crippen LogP contribution in [0.1, 0.15) is 52.4 Å². The Hall–Kier alpha value is -0.820. The molecule has 1 saturated carbocycles. The van der Waals surface area contributed by atoms with Crippen LogP contribution in [0.2, 0.25) is 0 Å². The smallest absolute Gasteiger partial charge is 0.191 e. The molecule has 0 saturated heterocycles. The maximum atomic E-state index is 11.4. The van der Waals surface area contributed by atoms with Gasteiger partial charge in [0.15, 0.2) is 5.96 Å². The van der Waals surface area contributed by atoms with E-state index in [-0.39, 0.29) is 11.2 Å². The number of rotatable bonds is 10. The van der Waals surface area contributed by atoms with E-state index in [9.17, 15) is 8.42 Å². The first-order valence-electron chi connectivity index (χ1n) is 9.23. The molecular formula is C18H37N3O3S. The van der Waals surface area contributed by atoms with Crippen molar-refractivity contribution in [2.24, 2.45) is 15.8 Å². The van der Waals surface area contributed by atoms with Crippen LogP contribution in [0.3, 0.4) is 0 Å². The predicted molar refractivity (Wildman–Crippen MR) is 105 cm³/mol. The molecule has 0 aromatic rings. The van der Waals surface area contributed by atoms with Crippen LogP contribution < -0.4 is 10.6 Å². The minimum atomic E-state index is -2.93. The van der Waals surface area contributed by atoms with Gasteiger partial charge in [-0.15, -0.1) is 0 Å². The lowest BCUT2D eigenvalue weighted by atomic mass is 9.83. The molecule has 0 unspecified atom stereocenters. The van der Waals surface area contributed by atoms with Gasteiger partial charge in [-0.3, -0.25) is 4.99 Å². The second-order valence-corrected chi connectivity index (χ2v) is 10.5. The maximum Gasteiger partial charge on any atom is 0.191 e. The van der Waals surface area contributed by atoms with Crippen molar-refractivity contribution in [3.63, 3.8) is 0 Å². The van der Waals surface area contributed by atoms with E-state index in [1.54, 1.807) is 14.2 Å². The first-order valence-corrected chi connectivity index (χ1v) is 11.3. The van der Waals surface area contributed by atoms with Crippen LogP contribution in [0.4, 0.5) is 0 Å². The molecule has 0 aromatic carbocycles. The van der Waals surface area contributed by atoms with Gasteiger partial charge < -0.3 is 15.4 Å². The van der Waals surface area contributed by atoms with Crippen molar-refractivity contribution in [2.45, 2.75) is 52.4 Å². The van der Waals surface area contributed by atoms with Crippen LogP contribution in [0.25, 0.3) is 0 Å². The molecule has 0 radical (unpaired) electrons. The lowest BCUT2D eigenvalue weighted by Gasteiger charge is -2.31. The number of hydrogen-bond acceptors (Lipinski definition) is 4. The number of sulfone groups is 1. The Morgan fingerprint density at radius 2 is 1.88 bits per heavy atom. The van der Waals surface area contributed by atoms with Crippen LogP contribution in [0.15, 0.2) is 4.99 Å². The van der Waals surface area contributed by atoms with E-state index in [4.69, 9.17) is 4.74 Å². The summed E-state index contributed by atoms with van der Waals surface area (Å²) in [4.78, 5) is 4.32. The monoisotopic (exact) mass is 375 g/mol. The van der Waals surface area contributed by atoms with Gasteiger partial charge >= 0.3 is 0 Å². The quantitative estimate of drug-likeness (QED) is 0.452. The normalized spacial score (nSPS) is 18.4. The van der Waals surface area contributed by atoms with Crippen LogP contribution in [-0.2, 0) is 14.6 Å². The average molecular weight is 376 g/mol. The first-order chi connectivity index (χ1) is 11.6. The van der Waals surface area contributed by atoms with Crippen molar-refractivity contribution >= 4 is 15.8 Å². The van der Waals surface area contributed by atoms with E-state index < -0.39 is 9.84 Å². The van der Waals surface area contributed by atoms with Crippen LogP contribution in [-0.4, -0.2) is 60.2 Å². The molecule has 2 N–H and O–H groups in total. The molecule has 1 rings (SSSR count). The second-order valence-electron chi connectivity index (χ2n) is 8.27. The van der Waals surface area contributed by atoms with E-state index in [2.05, 4.69) is 29.5 Å². The molecule has 0 heterocycles. The van der Waals surface area contributed by atoms with Crippen LogP contribution in [0.5, 0.6) is 0 Å². The summed E-state index contributed by atoms with van der Waals surface area (Å²) in [6.45, 7) is 6.55. The van der Waals surface area contributed by atoms with Gasteiger partial charge in [0.2, 0.25) is 0 Å². The Balaban J connectivity index is 2.48. The minimum absolute atomic E-state index is 0.109. The molecular weight excluding hydrogens is 338 g/mol. The third-order valence-corrected chi connectivity index (χ3v) is 6.18. The molecule has 25 heavy (non-hydrogen) atoms. The number of hydrogen-bond donors (Lipinski definition) is 2. The molecule has 1 fully saturated rings. The maximum absolute atomic E-state index is 11.4. The molecule has 1 aliphatic carbocycles. The third-order valence-electron chi connectivity index (χ3n) is 5.24. The predicted octanol–water partition coefficient (Wildman–Crippen LogP) is 2.21. The number of ether oxygens (including phenoxy) is 1. The fraction of sp³-hybridized carbons (Fsp3) is 0.944. The highest BCUT2D eigenvalue weighted by molar-refractivity contribution is 7.90. The standard InChI is InChI=1S/C18H37N3O3S/c1-17(2,11-13-25(5,22)23)14-20-16(19-3)21-15-18(10-12-24-4)8-6-7-9-18/h6-15H2,1-5H3,(H2,19,20,21). The molecule has 0 aromatic heterocycles. The lowest BCUT2D eigenvalue weighted by molar-refractivity contribution is 0.138. The lowest BCUT2D eigenvalue weighted by Crippen LogP contribution is -2.46. The number of nitrogens with one attached hydrogen (secondary N) is 2. The summed E-state index contributed by atoms with van der Waals surface area (Å²) in [7, 11) is 0.607. The Kier molecular flexibility index (Phi) is 8.68. The van der Waals surface area contributed by atoms with Crippen molar-refractivity contribution in [2.75, 3.05) is 45.9 Å². The van der Waals surface area contributed by atoms with E-state index in [1.165, 1.54) is 31.9 Å². The fourth-order valence-corrected chi connectivity index (χ4v) is 4.25. The van der Waals surface area contributed by atoms with Crippen molar-refractivity contribution < 1.29 is 13.2 Å². The number of aliphatic imine (C=N–C) groups is 1. The van der Waals surface area contributed by atoms with Crippen LogP contribution in [0, 0.1) is 10.8 Å². The first kappa shape index (κ1) is 22.2. The molecule has 148 valence electrons. The number of methoxy groups -OCH3 is 1. The van der Waals surface area contributed by atoms with Gasteiger partial charge in [-0.25, -0.2) is 8.42 Å². The number of guanidine groups is 1. The summed E-state index contributed by atoms with van der Waals surface area (Å²) in [6.07, 6.45) is 8.05. The molecule has 6 nitrogen and oxygen atoms in total. The summed E-state index contributed by atoms with van der Waals surface area (Å²) in [5.74, 6) is 1.00. The van der Waals surface area contributed by atoms with E-state index in [1.807, 2.05) is 0 Å². The molecule has 7 heteroatoms. The zero-order valence-electron chi connectivity index (χ0n) is 16.7. The summed E-state index contributed by atoms with van der Waals surface area (Å²) in [5, 5.41) is 6.83. The van der Waals surface area contributed by atoms with E-state index >= 15 is 0 Å². The highest BCUT2D eigenvalue weighted by Crippen LogP contribution is 2.40. The zero-order valence-corrected chi connectivity index (χ0v) is 17.5.